The Labute approximate surface area is 167 Å². The van der Waals surface area contributed by atoms with Crippen molar-refractivity contribution >= 4 is 11.7 Å². The fraction of sp³-hybridized carbons (Fsp3) is 0.522. The van der Waals surface area contributed by atoms with E-state index in [0.29, 0.717) is 5.91 Å². The van der Waals surface area contributed by atoms with Crippen molar-refractivity contribution < 1.29 is 4.79 Å². The predicted molar refractivity (Wildman–Crippen MR) is 112 cm³/mol. The lowest BCUT2D eigenvalue weighted by molar-refractivity contribution is -0.137. The van der Waals surface area contributed by atoms with E-state index in [0.717, 1.165) is 69.2 Å². The Balaban J connectivity index is 1.55. The Kier molecular flexibility index (Phi) is 5.60. The Morgan fingerprint density at radius 3 is 2.50 bits per heavy atom. The monoisotopic (exact) mass is 378 g/mol. The van der Waals surface area contributed by atoms with Crippen molar-refractivity contribution in [1.29, 1.82) is 0 Å². The lowest BCUT2D eigenvalue weighted by atomic mass is 9.84. The molecule has 2 fully saturated rings. The van der Waals surface area contributed by atoms with Gasteiger partial charge in [0.1, 0.15) is 11.6 Å². The number of hydrogen-bond donors (Lipinski definition) is 0. The molecule has 2 aliphatic rings. The number of aryl methyl sites for hydroxylation is 2. The fourth-order valence-electron chi connectivity index (χ4n) is 4.25. The van der Waals surface area contributed by atoms with E-state index in [4.69, 9.17) is 4.98 Å². The van der Waals surface area contributed by atoms with Gasteiger partial charge in [0.05, 0.1) is 0 Å². The maximum absolute atomic E-state index is 12.7. The first-order valence-electron chi connectivity index (χ1n) is 10.5. The molecule has 28 heavy (non-hydrogen) atoms. The van der Waals surface area contributed by atoms with Crippen LogP contribution in [-0.4, -0.2) is 47.0 Å². The molecule has 1 aliphatic carbocycles. The minimum Gasteiger partial charge on any atom is -0.354 e. The van der Waals surface area contributed by atoms with Crippen molar-refractivity contribution in [2.24, 2.45) is 5.92 Å². The summed E-state index contributed by atoms with van der Waals surface area (Å²) in [6, 6.07) is 10.5. The number of carbonyl (C=O) groups excluding carboxylic acids is 1. The summed E-state index contributed by atoms with van der Waals surface area (Å²) < 4.78 is 0. The molecule has 4 rings (SSSR count). The van der Waals surface area contributed by atoms with Gasteiger partial charge in [0, 0.05) is 49.8 Å². The maximum atomic E-state index is 12.7. The van der Waals surface area contributed by atoms with E-state index in [1.165, 1.54) is 17.5 Å². The highest BCUT2D eigenvalue weighted by Crippen LogP contribution is 2.29. The molecule has 148 valence electrons. The van der Waals surface area contributed by atoms with E-state index in [-0.39, 0.29) is 5.92 Å². The summed E-state index contributed by atoms with van der Waals surface area (Å²) in [6.07, 6.45) is 5.18. The normalized spacial score (nSPS) is 17.9. The third kappa shape index (κ3) is 4.03. The van der Waals surface area contributed by atoms with E-state index >= 15 is 0 Å². The number of carbonyl (C=O) groups is 1. The number of amides is 1. The predicted octanol–water partition coefficient (Wildman–Crippen LogP) is 3.52. The molecule has 0 atom stereocenters. The quantitative estimate of drug-likeness (QED) is 0.817. The Morgan fingerprint density at radius 2 is 1.79 bits per heavy atom. The minimum atomic E-state index is 0.281. The van der Waals surface area contributed by atoms with Crippen LogP contribution in [0.5, 0.6) is 0 Å². The molecule has 2 aromatic rings. The summed E-state index contributed by atoms with van der Waals surface area (Å²) in [5.74, 6) is 2.51. The van der Waals surface area contributed by atoms with E-state index in [9.17, 15) is 4.79 Å². The average Bonchev–Trinajstić information content (AvgIpc) is 2.89. The van der Waals surface area contributed by atoms with Gasteiger partial charge in [-0.05, 0) is 38.7 Å². The molecule has 0 radical (unpaired) electrons. The number of rotatable bonds is 4. The second-order valence-electron chi connectivity index (χ2n) is 8.11. The molecule has 2 heterocycles. The first kappa shape index (κ1) is 18.9. The molecule has 5 nitrogen and oxygen atoms in total. The molecule has 0 unspecified atom stereocenters. The zero-order valence-corrected chi connectivity index (χ0v) is 17.0. The van der Waals surface area contributed by atoms with Crippen LogP contribution in [0.4, 0.5) is 5.82 Å². The van der Waals surface area contributed by atoms with Crippen LogP contribution in [0.1, 0.15) is 48.3 Å². The summed E-state index contributed by atoms with van der Waals surface area (Å²) in [6.45, 7) is 7.49. The summed E-state index contributed by atoms with van der Waals surface area (Å²) in [5.41, 5.74) is 3.53. The van der Waals surface area contributed by atoms with Crippen LogP contribution in [0.15, 0.2) is 30.3 Å². The summed E-state index contributed by atoms with van der Waals surface area (Å²) in [5, 5.41) is 0. The molecule has 1 saturated heterocycles. The third-order valence-electron chi connectivity index (χ3n) is 6.09. The van der Waals surface area contributed by atoms with E-state index in [1.807, 2.05) is 13.0 Å². The van der Waals surface area contributed by atoms with Crippen LogP contribution < -0.4 is 4.90 Å². The van der Waals surface area contributed by atoms with Crippen molar-refractivity contribution in [1.82, 2.24) is 14.9 Å². The summed E-state index contributed by atoms with van der Waals surface area (Å²) in [7, 11) is 0. The van der Waals surface area contributed by atoms with Crippen LogP contribution in [0.25, 0.3) is 0 Å². The largest absolute Gasteiger partial charge is 0.354 e. The fourth-order valence-corrected chi connectivity index (χ4v) is 4.25. The lowest BCUT2D eigenvalue weighted by Crippen LogP contribution is -2.41. The van der Waals surface area contributed by atoms with Gasteiger partial charge in [0.15, 0.2) is 0 Å². The second kappa shape index (κ2) is 8.29. The summed E-state index contributed by atoms with van der Waals surface area (Å²) >= 11 is 0. The van der Waals surface area contributed by atoms with E-state index in [1.54, 1.807) is 0 Å². The van der Waals surface area contributed by atoms with Gasteiger partial charge in [0.25, 0.3) is 0 Å². The molecule has 0 N–H and O–H groups in total. The van der Waals surface area contributed by atoms with Crippen molar-refractivity contribution in [3.8, 4) is 0 Å². The molecule has 1 aromatic carbocycles. The van der Waals surface area contributed by atoms with Crippen LogP contribution in [-0.2, 0) is 11.2 Å². The first-order valence-corrected chi connectivity index (χ1v) is 10.5. The van der Waals surface area contributed by atoms with Crippen LogP contribution in [0.2, 0.25) is 0 Å². The zero-order valence-electron chi connectivity index (χ0n) is 17.0. The van der Waals surface area contributed by atoms with E-state index < -0.39 is 0 Å². The number of anilines is 1. The van der Waals surface area contributed by atoms with Gasteiger partial charge in [-0.3, -0.25) is 4.79 Å². The third-order valence-corrected chi connectivity index (χ3v) is 6.09. The van der Waals surface area contributed by atoms with Crippen molar-refractivity contribution in [2.45, 2.75) is 46.0 Å². The van der Waals surface area contributed by atoms with Crippen molar-refractivity contribution in [3.63, 3.8) is 0 Å². The van der Waals surface area contributed by atoms with Gasteiger partial charge < -0.3 is 9.80 Å². The first-order chi connectivity index (χ1) is 13.6. The molecule has 0 bridgehead atoms. The molecule has 1 amide bonds. The number of nitrogens with zero attached hydrogens (tertiary/aromatic N) is 4. The van der Waals surface area contributed by atoms with E-state index in [2.05, 4.69) is 46.0 Å². The number of hydrogen-bond acceptors (Lipinski definition) is 4. The van der Waals surface area contributed by atoms with Gasteiger partial charge in [-0.25, -0.2) is 9.97 Å². The van der Waals surface area contributed by atoms with Gasteiger partial charge in [-0.1, -0.05) is 36.8 Å². The highest BCUT2D eigenvalue weighted by atomic mass is 16.2. The standard InChI is InChI=1S/C23H30N4O/c1-17-21(16-19-8-4-3-5-9-19)22(25-18(2)24-17)26-12-7-13-27(15-14-26)23(28)20-10-6-11-20/h3-5,8-9,20H,6-7,10-16H2,1-2H3. The minimum absolute atomic E-state index is 0.281. The van der Waals surface area contributed by atoms with Gasteiger partial charge >= 0.3 is 0 Å². The average molecular weight is 379 g/mol. The molecular formula is C23H30N4O. The van der Waals surface area contributed by atoms with Gasteiger partial charge in [-0.15, -0.1) is 0 Å². The molecular weight excluding hydrogens is 348 g/mol. The molecule has 1 saturated carbocycles. The van der Waals surface area contributed by atoms with Gasteiger partial charge in [0.2, 0.25) is 5.91 Å². The Morgan fingerprint density at radius 1 is 1.00 bits per heavy atom. The SMILES string of the molecule is Cc1nc(C)c(Cc2ccccc2)c(N2CCCN(C(=O)C3CCC3)CC2)n1. The zero-order chi connectivity index (χ0) is 19.5. The van der Waals surface area contributed by atoms with Crippen LogP contribution >= 0.6 is 0 Å². The van der Waals surface area contributed by atoms with Gasteiger partial charge in [-0.2, -0.15) is 0 Å². The molecule has 1 aliphatic heterocycles. The van der Waals surface area contributed by atoms with Crippen LogP contribution in [0, 0.1) is 19.8 Å². The Bertz CT molecular complexity index is 832. The number of benzene rings is 1. The van der Waals surface area contributed by atoms with Crippen molar-refractivity contribution in [2.75, 3.05) is 31.1 Å². The molecule has 0 spiro atoms. The summed E-state index contributed by atoms with van der Waals surface area (Å²) in [4.78, 5) is 26.6. The maximum Gasteiger partial charge on any atom is 0.225 e. The highest BCUT2D eigenvalue weighted by Gasteiger charge is 2.31. The second-order valence-corrected chi connectivity index (χ2v) is 8.11. The van der Waals surface area contributed by atoms with Crippen molar-refractivity contribution in [3.05, 3.63) is 53.0 Å². The number of aromatic nitrogens is 2. The van der Waals surface area contributed by atoms with Crippen LogP contribution in [0.3, 0.4) is 0 Å². The Hall–Kier alpha value is -2.43. The topological polar surface area (TPSA) is 49.3 Å². The smallest absolute Gasteiger partial charge is 0.225 e. The molecule has 5 heteroatoms. The highest BCUT2D eigenvalue weighted by molar-refractivity contribution is 5.79. The molecule has 1 aromatic heterocycles. The lowest BCUT2D eigenvalue weighted by Gasteiger charge is -2.31.